The van der Waals surface area contributed by atoms with Crippen LogP contribution >= 0.6 is 11.6 Å². The van der Waals surface area contributed by atoms with E-state index in [0.29, 0.717) is 12.2 Å². The normalized spacial score (nSPS) is 27.3. The van der Waals surface area contributed by atoms with Gasteiger partial charge in [-0.05, 0) is 12.2 Å². The Bertz CT molecular complexity index is 466. The maximum absolute atomic E-state index is 12.4. The van der Waals surface area contributed by atoms with Gasteiger partial charge in [-0.3, -0.25) is 0 Å². The summed E-state index contributed by atoms with van der Waals surface area (Å²) < 4.78 is 57.8. The molecule has 0 saturated heterocycles. The van der Waals surface area contributed by atoms with Gasteiger partial charge in [0, 0.05) is 18.4 Å². The summed E-state index contributed by atoms with van der Waals surface area (Å²) in [5, 5.41) is 0. The fraction of sp³-hybridized carbons (Fsp3) is 0.500. The van der Waals surface area contributed by atoms with Crippen molar-refractivity contribution in [3.05, 3.63) is 23.4 Å². The van der Waals surface area contributed by atoms with Crippen molar-refractivity contribution in [2.45, 2.75) is 16.8 Å². The summed E-state index contributed by atoms with van der Waals surface area (Å²) in [5.41, 5.74) is 3.91. The van der Waals surface area contributed by atoms with E-state index in [1.54, 1.807) is 0 Å². The van der Waals surface area contributed by atoms with Crippen molar-refractivity contribution >= 4 is 21.4 Å². The highest BCUT2D eigenvalue weighted by atomic mass is 35.5. The van der Waals surface area contributed by atoms with Gasteiger partial charge in [0.25, 0.3) is 0 Å². The summed E-state index contributed by atoms with van der Waals surface area (Å²) in [6.07, 6.45) is -3.09. The molecule has 0 saturated carbocycles. The summed E-state index contributed by atoms with van der Waals surface area (Å²) in [7, 11) is -3.88. The third-order valence-corrected chi connectivity index (χ3v) is 4.68. The third kappa shape index (κ3) is 2.52. The van der Waals surface area contributed by atoms with Crippen LogP contribution in [-0.4, -0.2) is 25.1 Å². The topological polar surface area (TPSA) is 60.2 Å². The van der Waals surface area contributed by atoms with Crippen LogP contribution in [0.4, 0.5) is 13.2 Å². The van der Waals surface area contributed by atoms with Crippen LogP contribution in [0.25, 0.3) is 0 Å². The Balaban J connectivity index is 3.33. The molecular formula is C8H9ClF3NO2S. The van der Waals surface area contributed by atoms with E-state index in [9.17, 15) is 21.6 Å². The first kappa shape index (κ1) is 13.4. The van der Waals surface area contributed by atoms with Crippen molar-refractivity contribution in [3.63, 3.8) is 0 Å². The Morgan fingerprint density at radius 2 is 2.00 bits per heavy atom. The number of halogens is 4. The molecule has 0 aliphatic heterocycles. The molecule has 1 aliphatic rings. The quantitative estimate of drug-likeness (QED) is 0.741. The second-order valence-corrected chi connectivity index (χ2v) is 6.72. The van der Waals surface area contributed by atoms with Crippen molar-refractivity contribution in [1.82, 2.24) is 0 Å². The number of alkyl halides is 4. The first-order valence-corrected chi connectivity index (χ1v) is 6.37. The van der Waals surface area contributed by atoms with E-state index < -0.39 is 25.8 Å². The van der Waals surface area contributed by atoms with Gasteiger partial charge in [0.2, 0.25) is 0 Å². The zero-order valence-corrected chi connectivity index (χ0v) is 9.75. The highest BCUT2D eigenvalue weighted by molar-refractivity contribution is 7.93. The summed E-state index contributed by atoms with van der Waals surface area (Å²) in [5.74, 6) is 0. The second kappa shape index (κ2) is 3.66. The summed E-state index contributed by atoms with van der Waals surface area (Å²) >= 11 is 5.66. The van der Waals surface area contributed by atoms with Crippen LogP contribution in [0.15, 0.2) is 23.4 Å². The van der Waals surface area contributed by atoms with Crippen molar-refractivity contribution in [2.75, 3.05) is 6.26 Å². The number of nitrogens with two attached hydrogens (primary N) is 1. The molecule has 92 valence electrons. The number of hydrogen-bond acceptors (Lipinski definition) is 3. The van der Waals surface area contributed by atoms with Crippen LogP contribution in [-0.2, 0) is 9.84 Å². The van der Waals surface area contributed by atoms with E-state index in [-0.39, 0.29) is 12.1 Å². The number of hydrogen-bond donors (Lipinski definition) is 1. The average molecular weight is 276 g/mol. The smallest absolute Gasteiger partial charge is 0.402 e. The molecule has 0 aromatic rings. The molecule has 0 heterocycles. The highest BCUT2D eigenvalue weighted by Crippen LogP contribution is 2.40. The van der Waals surface area contributed by atoms with Gasteiger partial charge in [0.15, 0.2) is 14.0 Å². The summed E-state index contributed by atoms with van der Waals surface area (Å²) in [6.45, 7) is 0. The van der Waals surface area contributed by atoms with E-state index in [2.05, 4.69) is 0 Å². The van der Waals surface area contributed by atoms with Crippen LogP contribution in [0, 0.1) is 0 Å². The Hall–Kier alpha value is -0.690. The minimum atomic E-state index is -4.67. The van der Waals surface area contributed by atoms with Crippen molar-refractivity contribution in [1.29, 1.82) is 0 Å². The van der Waals surface area contributed by atoms with Gasteiger partial charge >= 0.3 is 6.18 Å². The molecule has 1 aliphatic carbocycles. The van der Waals surface area contributed by atoms with Gasteiger partial charge in [0.05, 0.1) is 5.57 Å². The van der Waals surface area contributed by atoms with Crippen molar-refractivity contribution in [3.8, 4) is 0 Å². The van der Waals surface area contributed by atoms with Gasteiger partial charge in [-0.1, -0.05) is 11.6 Å². The minimum absolute atomic E-state index is 0.213. The molecule has 0 amide bonds. The van der Waals surface area contributed by atoms with E-state index in [0.717, 1.165) is 6.26 Å². The summed E-state index contributed by atoms with van der Waals surface area (Å²) in [6, 6.07) is 0. The lowest BCUT2D eigenvalue weighted by atomic mass is 10.0. The molecule has 16 heavy (non-hydrogen) atoms. The minimum Gasteiger partial charge on any atom is -0.402 e. The first-order chi connectivity index (χ1) is 6.96. The predicted octanol–water partition coefficient (Wildman–Crippen LogP) is 1.70. The molecule has 1 unspecified atom stereocenters. The Morgan fingerprint density at radius 1 is 1.50 bits per heavy atom. The van der Waals surface area contributed by atoms with E-state index in [1.165, 1.54) is 0 Å². The van der Waals surface area contributed by atoms with Crippen molar-refractivity contribution < 1.29 is 21.6 Å². The lowest BCUT2D eigenvalue weighted by molar-refractivity contribution is -0.0887. The van der Waals surface area contributed by atoms with Gasteiger partial charge in [-0.2, -0.15) is 13.2 Å². The average Bonchev–Trinajstić information content (AvgIpc) is 1.98. The largest absolute Gasteiger partial charge is 0.416 e. The molecule has 8 heteroatoms. The van der Waals surface area contributed by atoms with Crippen LogP contribution in [0.5, 0.6) is 0 Å². The lowest BCUT2D eigenvalue weighted by Crippen LogP contribution is -2.35. The number of sulfone groups is 1. The SMILES string of the molecule is CS(=O)(=O)C1(Cl)C=C(C(F)(F)F)C=C(N)C1. The van der Waals surface area contributed by atoms with Crippen LogP contribution in [0.2, 0.25) is 0 Å². The number of allylic oxidation sites excluding steroid dienone is 3. The van der Waals surface area contributed by atoms with Gasteiger partial charge < -0.3 is 5.73 Å². The fourth-order valence-corrected chi connectivity index (χ4v) is 2.30. The predicted molar refractivity (Wildman–Crippen MR) is 54.5 cm³/mol. The van der Waals surface area contributed by atoms with Crippen LogP contribution < -0.4 is 5.73 Å². The Labute approximate surface area is 95.7 Å². The Kier molecular flexibility index (Phi) is 3.06. The maximum Gasteiger partial charge on any atom is 0.416 e. The maximum atomic E-state index is 12.4. The first-order valence-electron chi connectivity index (χ1n) is 4.10. The van der Waals surface area contributed by atoms with Gasteiger partial charge in [0.1, 0.15) is 0 Å². The molecule has 2 N–H and O–H groups in total. The fourth-order valence-electron chi connectivity index (χ4n) is 1.26. The monoisotopic (exact) mass is 275 g/mol. The van der Waals surface area contributed by atoms with E-state index >= 15 is 0 Å². The van der Waals surface area contributed by atoms with Crippen LogP contribution in [0.3, 0.4) is 0 Å². The third-order valence-electron chi connectivity index (χ3n) is 2.10. The lowest BCUT2D eigenvalue weighted by Gasteiger charge is -2.27. The zero-order valence-electron chi connectivity index (χ0n) is 8.18. The van der Waals surface area contributed by atoms with Gasteiger partial charge in [-0.25, -0.2) is 8.42 Å². The Morgan fingerprint density at radius 3 is 2.38 bits per heavy atom. The molecule has 0 aromatic heterocycles. The zero-order chi connectivity index (χ0) is 12.8. The van der Waals surface area contributed by atoms with E-state index in [4.69, 9.17) is 17.3 Å². The molecule has 0 spiro atoms. The standard InChI is InChI=1S/C8H9ClF3NO2S/c1-16(14,15)7(9)3-5(8(10,11)12)2-6(13)4-7/h2-3H,4,13H2,1H3. The second-order valence-electron chi connectivity index (χ2n) is 3.55. The molecular weight excluding hydrogens is 267 g/mol. The summed E-state index contributed by atoms with van der Waals surface area (Å²) in [4.78, 5) is 0. The molecule has 1 rings (SSSR count). The highest BCUT2D eigenvalue weighted by Gasteiger charge is 2.44. The van der Waals surface area contributed by atoms with E-state index in [1.807, 2.05) is 0 Å². The van der Waals surface area contributed by atoms with Crippen molar-refractivity contribution in [2.24, 2.45) is 5.73 Å². The molecule has 3 nitrogen and oxygen atoms in total. The van der Waals surface area contributed by atoms with Gasteiger partial charge in [-0.15, -0.1) is 0 Å². The molecule has 0 bridgehead atoms. The molecule has 0 aromatic carbocycles. The molecule has 0 radical (unpaired) electrons. The van der Waals surface area contributed by atoms with Crippen LogP contribution in [0.1, 0.15) is 6.42 Å². The molecule has 0 fully saturated rings. The molecule has 1 atom stereocenters. The number of rotatable bonds is 1.